The van der Waals surface area contributed by atoms with E-state index in [0.29, 0.717) is 11.8 Å². The number of rotatable bonds is 6. The predicted octanol–water partition coefficient (Wildman–Crippen LogP) is 4.91. The van der Waals surface area contributed by atoms with Crippen LogP contribution >= 0.6 is 0 Å². The van der Waals surface area contributed by atoms with Crippen molar-refractivity contribution >= 4 is 11.5 Å². The Morgan fingerprint density at radius 2 is 1.74 bits per heavy atom. The van der Waals surface area contributed by atoms with Crippen molar-refractivity contribution in [2.45, 2.75) is 25.1 Å². The maximum absolute atomic E-state index is 13.4. The maximum Gasteiger partial charge on any atom is 0.417 e. The first kappa shape index (κ1) is 19.0. The second kappa shape index (κ2) is 7.86. The standard InChI is InChI=1S/C21H20F3NO2/c1-27-17-11-9-16(10-12-17)20(15-7-8-15)25-19(26)13-18(21(22,23)24)14-5-3-2-4-6-14/h2-6,9-13,15,20H,7-8H2,1H3,(H,25,26)/b18-13-. The van der Waals surface area contributed by atoms with Gasteiger partial charge in [-0.2, -0.15) is 13.2 Å². The van der Waals surface area contributed by atoms with Gasteiger partial charge in [0.1, 0.15) is 5.75 Å². The molecule has 2 aromatic rings. The van der Waals surface area contributed by atoms with E-state index in [9.17, 15) is 18.0 Å². The van der Waals surface area contributed by atoms with Gasteiger partial charge in [-0.05, 0) is 42.0 Å². The average molecular weight is 375 g/mol. The minimum Gasteiger partial charge on any atom is -0.497 e. The van der Waals surface area contributed by atoms with Crippen molar-refractivity contribution in [1.82, 2.24) is 5.32 Å². The number of hydrogen-bond donors (Lipinski definition) is 1. The number of carbonyl (C=O) groups excluding carboxylic acids is 1. The molecule has 1 fully saturated rings. The largest absolute Gasteiger partial charge is 0.497 e. The molecule has 0 radical (unpaired) electrons. The first-order valence-corrected chi connectivity index (χ1v) is 8.67. The van der Waals surface area contributed by atoms with Gasteiger partial charge < -0.3 is 10.1 Å². The van der Waals surface area contributed by atoms with E-state index >= 15 is 0 Å². The van der Waals surface area contributed by atoms with Crippen LogP contribution in [0.5, 0.6) is 5.75 Å². The van der Waals surface area contributed by atoms with E-state index in [0.717, 1.165) is 18.4 Å². The molecule has 142 valence electrons. The molecular formula is C21H20F3NO2. The lowest BCUT2D eigenvalue weighted by molar-refractivity contribution is -0.117. The number of ether oxygens (including phenoxy) is 1. The molecular weight excluding hydrogens is 355 g/mol. The third-order valence-electron chi connectivity index (χ3n) is 4.53. The molecule has 27 heavy (non-hydrogen) atoms. The second-order valence-corrected chi connectivity index (χ2v) is 6.52. The summed E-state index contributed by atoms with van der Waals surface area (Å²) in [4.78, 5) is 12.4. The fraction of sp³-hybridized carbons (Fsp3) is 0.286. The fourth-order valence-electron chi connectivity index (χ4n) is 2.99. The van der Waals surface area contributed by atoms with E-state index in [1.165, 1.54) is 24.3 Å². The van der Waals surface area contributed by atoms with E-state index in [1.807, 2.05) is 12.1 Å². The Morgan fingerprint density at radius 3 is 2.26 bits per heavy atom. The highest BCUT2D eigenvalue weighted by Crippen LogP contribution is 2.41. The third kappa shape index (κ3) is 4.90. The summed E-state index contributed by atoms with van der Waals surface area (Å²) >= 11 is 0. The smallest absolute Gasteiger partial charge is 0.417 e. The molecule has 0 aliphatic heterocycles. The Morgan fingerprint density at radius 1 is 1.11 bits per heavy atom. The van der Waals surface area contributed by atoms with Gasteiger partial charge >= 0.3 is 6.18 Å². The lowest BCUT2D eigenvalue weighted by Crippen LogP contribution is -2.29. The van der Waals surface area contributed by atoms with Gasteiger partial charge in [-0.15, -0.1) is 0 Å². The SMILES string of the molecule is COc1ccc(C(NC(=O)/C=C(/c2ccccc2)C(F)(F)F)C2CC2)cc1. The monoisotopic (exact) mass is 375 g/mol. The fourth-order valence-corrected chi connectivity index (χ4v) is 2.99. The number of nitrogens with one attached hydrogen (secondary N) is 1. The molecule has 2 aromatic carbocycles. The summed E-state index contributed by atoms with van der Waals surface area (Å²) in [6, 6.07) is 14.2. The number of hydrogen-bond acceptors (Lipinski definition) is 2. The predicted molar refractivity (Wildman–Crippen MR) is 97.1 cm³/mol. The van der Waals surface area contributed by atoms with Crippen molar-refractivity contribution < 1.29 is 22.7 Å². The molecule has 1 aliphatic rings. The lowest BCUT2D eigenvalue weighted by Gasteiger charge is -2.19. The van der Waals surface area contributed by atoms with Crippen LogP contribution < -0.4 is 10.1 Å². The van der Waals surface area contributed by atoms with Gasteiger partial charge in [-0.25, -0.2) is 0 Å². The first-order chi connectivity index (χ1) is 12.9. The van der Waals surface area contributed by atoms with Crippen molar-refractivity contribution in [2.75, 3.05) is 7.11 Å². The summed E-state index contributed by atoms with van der Waals surface area (Å²) in [6.07, 6.45) is -2.10. The summed E-state index contributed by atoms with van der Waals surface area (Å²) in [5.41, 5.74) is -0.134. The van der Waals surface area contributed by atoms with Crippen LogP contribution in [-0.2, 0) is 4.79 Å². The van der Waals surface area contributed by atoms with Crippen molar-refractivity contribution in [3.05, 3.63) is 71.8 Å². The molecule has 0 saturated heterocycles. The number of alkyl halides is 3. The first-order valence-electron chi connectivity index (χ1n) is 8.67. The summed E-state index contributed by atoms with van der Waals surface area (Å²) in [5, 5.41) is 2.75. The molecule has 0 bridgehead atoms. The van der Waals surface area contributed by atoms with Gasteiger partial charge in [0.25, 0.3) is 0 Å². The minimum atomic E-state index is -4.62. The van der Waals surface area contributed by atoms with Gasteiger partial charge in [0.2, 0.25) is 5.91 Å². The van der Waals surface area contributed by atoms with Gasteiger partial charge in [-0.3, -0.25) is 4.79 Å². The Kier molecular flexibility index (Phi) is 5.54. The molecule has 1 N–H and O–H groups in total. The average Bonchev–Trinajstić information content (AvgIpc) is 3.49. The van der Waals surface area contributed by atoms with Crippen LogP contribution in [0.2, 0.25) is 0 Å². The molecule has 6 heteroatoms. The Bertz CT molecular complexity index is 810. The molecule has 1 saturated carbocycles. The molecule has 1 aliphatic carbocycles. The van der Waals surface area contributed by atoms with Crippen LogP contribution in [0, 0.1) is 5.92 Å². The molecule has 3 nitrogen and oxygen atoms in total. The molecule has 1 amide bonds. The van der Waals surface area contributed by atoms with Crippen LogP contribution in [0.1, 0.15) is 30.0 Å². The summed E-state index contributed by atoms with van der Waals surface area (Å²) in [7, 11) is 1.56. The van der Waals surface area contributed by atoms with Gasteiger partial charge in [-0.1, -0.05) is 42.5 Å². The van der Waals surface area contributed by atoms with Crippen LogP contribution in [0.25, 0.3) is 5.57 Å². The summed E-state index contributed by atoms with van der Waals surface area (Å²) in [5.74, 6) is 0.170. The summed E-state index contributed by atoms with van der Waals surface area (Å²) in [6.45, 7) is 0. The quantitative estimate of drug-likeness (QED) is 0.729. The van der Waals surface area contributed by atoms with Crippen molar-refractivity contribution in [1.29, 1.82) is 0 Å². The maximum atomic E-state index is 13.4. The number of halogens is 3. The van der Waals surface area contributed by atoms with Crippen LogP contribution in [-0.4, -0.2) is 19.2 Å². The van der Waals surface area contributed by atoms with Crippen molar-refractivity contribution in [3.8, 4) is 5.75 Å². The van der Waals surface area contributed by atoms with Gasteiger partial charge in [0.15, 0.2) is 0 Å². The van der Waals surface area contributed by atoms with Crippen LogP contribution in [0.3, 0.4) is 0 Å². The molecule has 1 unspecified atom stereocenters. The van der Waals surface area contributed by atoms with Crippen molar-refractivity contribution in [2.24, 2.45) is 5.92 Å². The minimum absolute atomic E-state index is 0.0347. The van der Waals surface area contributed by atoms with Gasteiger partial charge in [0.05, 0.1) is 18.7 Å². The Hall–Kier alpha value is -2.76. The molecule has 0 spiro atoms. The van der Waals surface area contributed by atoms with E-state index in [1.54, 1.807) is 25.3 Å². The summed E-state index contributed by atoms with van der Waals surface area (Å²) < 4.78 is 45.4. The lowest BCUT2D eigenvalue weighted by atomic mass is 10.0. The number of allylic oxidation sites excluding steroid dienone is 1. The highest BCUT2D eigenvalue weighted by Gasteiger charge is 2.37. The van der Waals surface area contributed by atoms with E-state index in [4.69, 9.17) is 4.74 Å². The Labute approximate surface area is 155 Å². The Balaban J connectivity index is 1.83. The number of carbonyl (C=O) groups is 1. The number of methoxy groups -OCH3 is 1. The van der Waals surface area contributed by atoms with Gasteiger partial charge in [0, 0.05) is 6.08 Å². The van der Waals surface area contributed by atoms with E-state index in [-0.39, 0.29) is 17.5 Å². The normalized spacial score (nSPS) is 15.9. The van der Waals surface area contributed by atoms with Crippen LogP contribution in [0.15, 0.2) is 60.7 Å². The molecule has 0 aromatic heterocycles. The molecule has 0 heterocycles. The highest BCUT2D eigenvalue weighted by atomic mass is 19.4. The van der Waals surface area contributed by atoms with Crippen molar-refractivity contribution in [3.63, 3.8) is 0 Å². The zero-order chi connectivity index (χ0) is 19.4. The van der Waals surface area contributed by atoms with E-state index in [2.05, 4.69) is 5.32 Å². The van der Waals surface area contributed by atoms with Crippen LogP contribution in [0.4, 0.5) is 13.2 Å². The highest BCUT2D eigenvalue weighted by molar-refractivity contribution is 5.96. The third-order valence-corrected chi connectivity index (χ3v) is 4.53. The second-order valence-electron chi connectivity index (χ2n) is 6.52. The number of benzene rings is 2. The van der Waals surface area contributed by atoms with E-state index < -0.39 is 17.7 Å². The molecule has 1 atom stereocenters. The zero-order valence-corrected chi connectivity index (χ0v) is 14.8. The number of amides is 1. The molecule has 3 rings (SSSR count). The zero-order valence-electron chi connectivity index (χ0n) is 14.8. The topological polar surface area (TPSA) is 38.3 Å².